The maximum atomic E-state index is 5.01. The molecule has 108 valence electrons. The van der Waals surface area contributed by atoms with Gasteiger partial charge in [-0.3, -0.25) is 4.99 Å². The molecule has 0 atom stereocenters. The summed E-state index contributed by atoms with van der Waals surface area (Å²) in [5.41, 5.74) is 0. The predicted octanol–water partition coefficient (Wildman–Crippen LogP) is 2.39. The zero-order valence-corrected chi connectivity index (χ0v) is 14.0. The van der Waals surface area contributed by atoms with Crippen LogP contribution in [-0.2, 0) is 4.74 Å². The van der Waals surface area contributed by atoms with Gasteiger partial charge in [0.05, 0.1) is 0 Å². The van der Waals surface area contributed by atoms with Crippen molar-refractivity contribution < 1.29 is 4.74 Å². The van der Waals surface area contributed by atoms with Crippen LogP contribution in [0.2, 0.25) is 0 Å². The quantitative estimate of drug-likeness (QED) is 0.284. The molecule has 4 nitrogen and oxygen atoms in total. The lowest BCUT2D eigenvalue weighted by atomic mass is 10.2. The SMILES string of the molecule is CCNC(=NCCCOC)NCCCC1CC1.I. The molecule has 0 bridgehead atoms. The Hall–Kier alpha value is -0.0400. The number of ether oxygens (including phenoxy) is 1. The molecule has 0 aliphatic heterocycles. The van der Waals surface area contributed by atoms with Gasteiger partial charge in [-0.05, 0) is 32.1 Å². The Labute approximate surface area is 128 Å². The minimum Gasteiger partial charge on any atom is -0.385 e. The third-order valence-corrected chi connectivity index (χ3v) is 2.90. The van der Waals surface area contributed by atoms with E-state index in [-0.39, 0.29) is 24.0 Å². The van der Waals surface area contributed by atoms with Gasteiger partial charge in [-0.15, -0.1) is 24.0 Å². The Morgan fingerprint density at radius 2 is 2.06 bits per heavy atom. The molecule has 18 heavy (non-hydrogen) atoms. The van der Waals surface area contributed by atoms with Crippen molar-refractivity contribution in [2.45, 2.75) is 39.0 Å². The van der Waals surface area contributed by atoms with E-state index >= 15 is 0 Å². The molecule has 2 N–H and O–H groups in total. The molecule has 0 aromatic rings. The fourth-order valence-corrected chi connectivity index (χ4v) is 1.75. The molecule has 0 amide bonds. The Bertz CT molecular complexity index is 220. The first-order valence-electron chi connectivity index (χ1n) is 6.88. The van der Waals surface area contributed by atoms with Gasteiger partial charge in [-0.25, -0.2) is 0 Å². The fourth-order valence-electron chi connectivity index (χ4n) is 1.75. The van der Waals surface area contributed by atoms with Crippen molar-refractivity contribution >= 4 is 29.9 Å². The van der Waals surface area contributed by atoms with Crippen molar-refractivity contribution in [3.05, 3.63) is 0 Å². The van der Waals surface area contributed by atoms with Gasteiger partial charge < -0.3 is 15.4 Å². The van der Waals surface area contributed by atoms with E-state index < -0.39 is 0 Å². The van der Waals surface area contributed by atoms with Crippen LogP contribution in [0.3, 0.4) is 0 Å². The molecule has 0 aromatic carbocycles. The molecule has 1 aliphatic rings. The molecule has 1 fully saturated rings. The molecule has 0 unspecified atom stereocenters. The second-order valence-electron chi connectivity index (χ2n) is 4.62. The van der Waals surface area contributed by atoms with Gasteiger partial charge in [0.2, 0.25) is 0 Å². The maximum absolute atomic E-state index is 5.01. The van der Waals surface area contributed by atoms with Crippen molar-refractivity contribution in [2.24, 2.45) is 10.9 Å². The number of rotatable bonds is 9. The van der Waals surface area contributed by atoms with E-state index in [9.17, 15) is 0 Å². The normalized spacial score (nSPS) is 15.1. The second-order valence-corrected chi connectivity index (χ2v) is 4.62. The van der Waals surface area contributed by atoms with Crippen LogP contribution in [0.4, 0.5) is 0 Å². The largest absolute Gasteiger partial charge is 0.385 e. The van der Waals surface area contributed by atoms with E-state index in [2.05, 4.69) is 22.5 Å². The van der Waals surface area contributed by atoms with E-state index in [1.165, 1.54) is 25.7 Å². The number of guanidine groups is 1. The van der Waals surface area contributed by atoms with Crippen LogP contribution in [-0.4, -0.2) is 39.3 Å². The lowest BCUT2D eigenvalue weighted by molar-refractivity contribution is 0.197. The summed E-state index contributed by atoms with van der Waals surface area (Å²) in [6, 6.07) is 0. The zero-order valence-electron chi connectivity index (χ0n) is 11.7. The smallest absolute Gasteiger partial charge is 0.191 e. The molecule has 0 radical (unpaired) electrons. The summed E-state index contributed by atoms with van der Waals surface area (Å²) in [5.74, 6) is 1.97. The highest BCUT2D eigenvalue weighted by atomic mass is 127. The van der Waals surface area contributed by atoms with E-state index in [4.69, 9.17) is 4.74 Å². The monoisotopic (exact) mass is 369 g/mol. The highest BCUT2D eigenvalue weighted by Gasteiger charge is 2.19. The van der Waals surface area contributed by atoms with Crippen LogP contribution in [0.5, 0.6) is 0 Å². The van der Waals surface area contributed by atoms with Gasteiger partial charge in [-0.1, -0.05) is 12.8 Å². The number of hydrogen-bond acceptors (Lipinski definition) is 2. The third-order valence-electron chi connectivity index (χ3n) is 2.90. The van der Waals surface area contributed by atoms with Crippen molar-refractivity contribution in [1.82, 2.24) is 10.6 Å². The van der Waals surface area contributed by atoms with Gasteiger partial charge in [0, 0.05) is 33.4 Å². The fraction of sp³-hybridized carbons (Fsp3) is 0.923. The predicted molar refractivity (Wildman–Crippen MR) is 87.8 cm³/mol. The molecule has 0 spiro atoms. The number of nitrogens with zero attached hydrogens (tertiary/aromatic N) is 1. The van der Waals surface area contributed by atoms with Gasteiger partial charge in [0.25, 0.3) is 0 Å². The van der Waals surface area contributed by atoms with Crippen LogP contribution in [0.1, 0.15) is 39.0 Å². The number of aliphatic imine (C=N–C) groups is 1. The number of nitrogens with one attached hydrogen (secondary N) is 2. The van der Waals surface area contributed by atoms with Crippen LogP contribution < -0.4 is 10.6 Å². The van der Waals surface area contributed by atoms with Gasteiger partial charge >= 0.3 is 0 Å². The van der Waals surface area contributed by atoms with Crippen LogP contribution in [0, 0.1) is 5.92 Å². The van der Waals surface area contributed by atoms with Crippen molar-refractivity contribution in [2.75, 3.05) is 33.4 Å². The van der Waals surface area contributed by atoms with E-state index in [1.807, 2.05) is 0 Å². The molecule has 0 aromatic heterocycles. The molecular formula is C13H28IN3O. The molecule has 1 aliphatic carbocycles. The first-order valence-corrected chi connectivity index (χ1v) is 6.88. The van der Waals surface area contributed by atoms with Crippen LogP contribution >= 0.6 is 24.0 Å². The van der Waals surface area contributed by atoms with Gasteiger partial charge in [0.1, 0.15) is 0 Å². The minimum absolute atomic E-state index is 0. The van der Waals surface area contributed by atoms with Crippen LogP contribution in [0.25, 0.3) is 0 Å². The molecule has 1 rings (SSSR count). The average molecular weight is 369 g/mol. The Morgan fingerprint density at radius 1 is 1.28 bits per heavy atom. The maximum Gasteiger partial charge on any atom is 0.191 e. The Morgan fingerprint density at radius 3 is 2.67 bits per heavy atom. The van der Waals surface area contributed by atoms with Crippen LogP contribution in [0.15, 0.2) is 4.99 Å². The summed E-state index contributed by atoms with van der Waals surface area (Å²) in [6.45, 7) is 5.65. The van der Waals surface area contributed by atoms with Gasteiger partial charge in [0.15, 0.2) is 5.96 Å². The summed E-state index contributed by atoms with van der Waals surface area (Å²) in [5, 5.41) is 6.64. The number of methoxy groups -OCH3 is 1. The average Bonchev–Trinajstić information content (AvgIpc) is 3.14. The van der Waals surface area contributed by atoms with Crippen molar-refractivity contribution in [3.63, 3.8) is 0 Å². The second kappa shape index (κ2) is 12.0. The summed E-state index contributed by atoms with van der Waals surface area (Å²) in [6.07, 6.45) is 6.51. The van der Waals surface area contributed by atoms with Crippen molar-refractivity contribution in [1.29, 1.82) is 0 Å². The third kappa shape index (κ3) is 9.94. The number of hydrogen-bond donors (Lipinski definition) is 2. The van der Waals surface area contributed by atoms with E-state index in [0.717, 1.165) is 44.5 Å². The van der Waals surface area contributed by atoms with E-state index in [0.29, 0.717) is 0 Å². The van der Waals surface area contributed by atoms with Crippen molar-refractivity contribution in [3.8, 4) is 0 Å². The molecule has 1 saturated carbocycles. The highest BCUT2D eigenvalue weighted by Crippen LogP contribution is 2.33. The Kier molecular flexibility index (Phi) is 12.0. The molecular weight excluding hydrogens is 341 g/mol. The zero-order chi connectivity index (χ0) is 12.3. The Balaban J connectivity index is 0.00000289. The van der Waals surface area contributed by atoms with E-state index in [1.54, 1.807) is 7.11 Å². The lowest BCUT2D eigenvalue weighted by Gasteiger charge is -2.10. The first kappa shape index (κ1) is 18.0. The summed E-state index contributed by atoms with van der Waals surface area (Å²) >= 11 is 0. The minimum atomic E-state index is 0. The number of halogens is 1. The lowest BCUT2D eigenvalue weighted by Crippen LogP contribution is -2.37. The summed E-state index contributed by atoms with van der Waals surface area (Å²) < 4.78 is 5.01. The summed E-state index contributed by atoms with van der Waals surface area (Å²) in [4.78, 5) is 4.50. The van der Waals surface area contributed by atoms with Gasteiger partial charge in [-0.2, -0.15) is 0 Å². The first-order chi connectivity index (χ1) is 8.36. The topological polar surface area (TPSA) is 45.7 Å². The molecule has 5 heteroatoms. The molecule has 0 heterocycles. The molecule has 0 saturated heterocycles. The highest BCUT2D eigenvalue weighted by molar-refractivity contribution is 14.0. The summed E-state index contributed by atoms with van der Waals surface area (Å²) in [7, 11) is 1.73. The standard InChI is InChI=1S/C13H27N3O.HI/c1-3-14-13(16-10-5-11-17-2)15-9-4-6-12-7-8-12;/h12H,3-11H2,1-2H3,(H2,14,15,16);1H.